The van der Waals surface area contributed by atoms with Crippen molar-refractivity contribution in [1.29, 1.82) is 0 Å². The van der Waals surface area contributed by atoms with Crippen molar-refractivity contribution in [2.45, 2.75) is 38.8 Å². The van der Waals surface area contributed by atoms with Gasteiger partial charge in [0.05, 0.1) is 5.75 Å². The van der Waals surface area contributed by atoms with Gasteiger partial charge in [-0.25, -0.2) is 22.5 Å². The maximum atomic E-state index is 13.2. The number of hydrogen-bond acceptors (Lipinski definition) is 6. The number of benzene rings is 2. The summed E-state index contributed by atoms with van der Waals surface area (Å²) in [5.74, 6) is -0.776. The predicted molar refractivity (Wildman–Crippen MR) is 148 cm³/mol. The van der Waals surface area contributed by atoms with Crippen LogP contribution in [0.25, 0.3) is 10.9 Å². The summed E-state index contributed by atoms with van der Waals surface area (Å²) in [5, 5.41) is 6.60. The third kappa shape index (κ3) is 5.63. The number of nitrogens with zero attached hydrogens (tertiary/aromatic N) is 3. The van der Waals surface area contributed by atoms with Gasteiger partial charge in [-0.3, -0.25) is 10.1 Å². The van der Waals surface area contributed by atoms with Gasteiger partial charge in [-0.05, 0) is 70.2 Å². The maximum absolute atomic E-state index is 13.2. The molecule has 2 N–H and O–H groups in total. The summed E-state index contributed by atoms with van der Waals surface area (Å²) in [6.07, 6.45) is 0.998. The van der Waals surface area contributed by atoms with Crippen LogP contribution in [0.1, 0.15) is 43.6 Å². The highest BCUT2D eigenvalue weighted by Crippen LogP contribution is 2.38. The van der Waals surface area contributed by atoms with Gasteiger partial charge in [0.2, 0.25) is 16.0 Å². The second-order valence-electron chi connectivity index (χ2n) is 10.4. The number of sulfonamides is 1. The van der Waals surface area contributed by atoms with Crippen molar-refractivity contribution in [2.24, 2.45) is 12.0 Å². The van der Waals surface area contributed by atoms with E-state index in [0.29, 0.717) is 27.2 Å². The van der Waals surface area contributed by atoms with E-state index >= 15 is 0 Å². The first kappa shape index (κ1) is 27.5. The van der Waals surface area contributed by atoms with E-state index < -0.39 is 27.3 Å². The van der Waals surface area contributed by atoms with Crippen molar-refractivity contribution in [3.05, 3.63) is 64.8 Å². The minimum atomic E-state index is -3.84. The Morgan fingerprint density at radius 3 is 2.37 bits per heavy atom. The number of rotatable bonds is 3. The van der Waals surface area contributed by atoms with Crippen molar-refractivity contribution >= 4 is 56.2 Å². The molecule has 3 aromatic rings. The Balaban J connectivity index is 1.74. The number of aromatic nitrogens is 1. The standard InChI is InChI=1S/C26H30ClN5O5S/c1-25(2,3)37-24(34)29-23-30-26(4,15-38(35,36)32(23)6)20-14-31(5)21-12-11-18(13-19(20)21)28-22(33)16-7-9-17(27)10-8-16/h7-14H,15H2,1-6H3,(H,28,33)(H,29,30,34)/t26-/m0/s1. The summed E-state index contributed by atoms with van der Waals surface area (Å²) >= 11 is 5.92. The van der Waals surface area contributed by atoms with E-state index in [1.807, 2.05) is 23.9 Å². The largest absolute Gasteiger partial charge is 0.444 e. The van der Waals surface area contributed by atoms with E-state index in [2.05, 4.69) is 15.6 Å². The predicted octanol–water partition coefficient (Wildman–Crippen LogP) is 4.46. The van der Waals surface area contributed by atoms with Crippen molar-refractivity contribution < 1.29 is 22.7 Å². The van der Waals surface area contributed by atoms with Gasteiger partial charge in [-0.1, -0.05) is 11.6 Å². The second-order valence-corrected chi connectivity index (χ2v) is 12.8. The number of aliphatic imine (C=N–C) groups is 1. The number of fused-ring (bicyclic) bond motifs is 1. The fourth-order valence-corrected chi connectivity index (χ4v) is 5.86. The number of nitrogens with one attached hydrogen (secondary N) is 2. The molecule has 10 nitrogen and oxygen atoms in total. The van der Waals surface area contributed by atoms with Gasteiger partial charge >= 0.3 is 6.09 Å². The van der Waals surface area contributed by atoms with Crippen LogP contribution in [0, 0.1) is 0 Å². The summed E-state index contributed by atoms with van der Waals surface area (Å²) in [7, 11) is -0.668. The van der Waals surface area contributed by atoms with Crippen LogP contribution in [0.2, 0.25) is 5.02 Å². The van der Waals surface area contributed by atoms with Crippen LogP contribution in [0.5, 0.6) is 0 Å². The fraction of sp³-hybridized carbons (Fsp3) is 0.346. The van der Waals surface area contributed by atoms with Crippen LogP contribution in [-0.2, 0) is 27.3 Å². The Morgan fingerprint density at radius 2 is 1.74 bits per heavy atom. The molecule has 2 amide bonds. The summed E-state index contributed by atoms with van der Waals surface area (Å²) in [5.41, 5.74) is 0.395. The number of anilines is 1. The third-order valence-electron chi connectivity index (χ3n) is 6.08. The van der Waals surface area contributed by atoms with Crippen LogP contribution in [-0.4, -0.2) is 53.7 Å². The Hall–Kier alpha value is -3.57. The number of carbonyl (C=O) groups excluding carboxylic acids is 2. The molecule has 0 saturated heterocycles. The van der Waals surface area contributed by atoms with Crippen molar-refractivity contribution in [3.8, 4) is 0 Å². The lowest BCUT2D eigenvalue weighted by Crippen LogP contribution is -2.54. The molecule has 0 spiro atoms. The van der Waals surface area contributed by atoms with E-state index in [-0.39, 0.29) is 17.6 Å². The van der Waals surface area contributed by atoms with E-state index in [0.717, 1.165) is 9.82 Å². The molecule has 12 heteroatoms. The quantitative estimate of drug-likeness (QED) is 0.491. The molecule has 0 unspecified atom stereocenters. The lowest BCUT2D eigenvalue weighted by molar-refractivity contribution is 0.0559. The van der Waals surface area contributed by atoms with Crippen molar-refractivity contribution in [2.75, 3.05) is 18.1 Å². The molecule has 38 heavy (non-hydrogen) atoms. The van der Waals surface area contributed by atoms with Gasteiger partial charge in [0.1, 0.15) is 11.1 Å². The SMILES string of the molecule is CN1C(NC(=O)OC(C)(C)C)=N[C@](C)(c2cn(C)c3ccc(NC(=O)c4ccc(Cl)cc4)cc23)CS1(=O)=O. The first-order valence-corrected chi connectivity index (χ1v) is 13.8. The summed E-state index contributed by atoms with van der Waals surface area (Å²) in [6, 6.07) is 11.9. The van der Waals surface area contributed by atoms with Gasteiger partial charge in [0.25, 0.3) is 5.91 Å². The first-order chi connectivity index (χ1) is 17.6. The number of hydrogen-bond donors (Lipinski definition) is 2. The van der Waals surface area contributed by atoms with Crippen LogP contribution in [0.3, 0.4) is 0 Å². The molecule has 0 aliphatic carbocycles. The number of alkyl carbamates (subject to hydrolysis) is 1. The molecule has 202 valence electrons. The number of halogens is 1. The highest BCUT2D eigenvalue weighted by Gasteiger charge is 2.43. The number of guanidine groups is 1. The molecule has 2 aromatic carbocycles. The highest BCUT2D eigenvalue weighted by molar-refractivity contribution is 7.89. The third-order valence-corrected chi connectivity index (χ3v) is 8.26. The molecule has 0 fully saturated rings. The normalized spacial score (nSPS) is 19.1. The van der Waals surface area contributed by atoms with Gasteiger partial charge < -0.3 is 14.6 Å². The number of aryl methyl sites for hydroxylation is 1. The zero-order valence-electron chi connectivity index (χ0n) is 22.0. The Labute approximate surface area is 226 Å². The number of amides is 2. The molecule has 1 aliphatic heterocycles. The average Bonchev–Trinajstić information content (AvgIpc) is 3.13. The minimum Gasteiger partial charge on any atom is -0.444 e. The van der Waals surface area contributed by atoms with Crippen LogP contribution in [0.4, 0.5) is 10.5 Å². The first-order valence-electron chi connectivity index (χ1n) is 11.8. The lowest BCUT2D eigenvalue weighted by Gasteiger charge is -2.35. The smallest absolute Gasteiger partial charge is 0.414 e. The molecule has 2 heterocycles. The zero-order chi connectivity index (χ0) is 28.0. The Kier molecular flexibility index (Phi) is 6.96. The zero-order valence-corrected chi connectivity index (χ0v) is 23.6. The molecule has 4 rings (SSSR count). The maximum Gasteiger partial charge on any atom is 0.414 e. The molecule has 1 aromatic heterocycles. The topological polar surface area (TPSA) is 122 Å². The summed E-state index contributed by atoms with van der Waals surface area (Å²) in [6.45, 7) is 6.82. The summed E-state index contributed by atoms with van der Waals surface area (Å²) < 4.78 is 34.4. The lowest BCUT2D eigenvalue weighted by atomic mass is 9.94. The molecular weight excluding hydrogens is 530 g/mol. The number of ether oxygens (including phenoxy) is 1. The van der Waals surface area contributed by atoms with Crippen molar-refractivity contribution in [3.63, 3.8) is 0 Å². The minimum absolute atomic E-state index is 0.141. The molecule has 0 bridgehead atoms. The van der Waals surface area contributed by atoms with Gasteiger partial charge in [-0.2, -0.15) is 0 Å². The van der Waals surface area contributed by atoms with Gasteiger partial charge in [-0.15, -0.1) is 0 Å². The van der Waals surface area contributed by atoms with Gasteiger partial charge in [0, 0.05) is 53.0 Å². The number of carbonyl (C=O) groups is 2. The monoisotopic (exact) mass is 559 g/mol. The molecule has 0 saturated carbocycles. The Morgan fingerprint density at radius 1 is 1.08 bits per heavy atom. The molecule has 0 radical (unpaired) electrons. The second kappa shape index (κ2) is 9.63. The highest BCUT2D eigenvalue weighted by atomic mass is 35.5. The van der Waals surface area contributed by atoms with E-state index in [9.17, 15) is 18.0 Å². The van der Waals surface area contributed by atoms with E-state index in [1.165, 1.54) is 7.05 Å². The fourth-order valence-electron chi connectivity index (χ4n) is 4.26. The molecular formula is C26H30ClN5O5S. The summed E-state index contributed by atoms with van der Waals surface area (Å²) in [4.78, 5) is 29.9. The van der Waals surface area contributed by atoms with E-state index in [1.54, 1.807) is 64.1 Å². The molecule has 1 atom stereocenters. The van der Waals surface area contributed by atoms with Crippen LogP contribution in [0.15, 0.2) is 53.7 Å². The average molecular weight is 560 g/mol. The van der Waals surface area contributed by atoms with E-state index in [4.69, 9.17) is 16.3 Å². The van der Waals surface area contributed by atoms with Crippen molar-refractivity contribution in [1.82, 2.24) is 14.2 Å². The Bertz CT molecular complexity index is 1560. The molecule has 1 aliphatic rings. The van der Waals surface area contributed by atoms with Gasteiger partial charge in [0.15, 0.2) is 0 Å². The van der Waals surface area contributed by atoms with Crippen LogP contribution < -0.4 is 10.6 Å². The van der Waals surface area contributed by atoms with Crippen LogP contribution >= 0.6 is 11.6 Å².